The third-order valence-electron chi connectivity index (χ3n) is 5.40. The van der Waals surface area contributed by atoms with E-state index in [0.29, 0.717) is 0 Å². The van der Waals surface area contributed by atoms with Crippen molar-refractivity contribution in [3.05, 3.63) is 65.7 Å². The molecule has 0 saturated heterocycles. The minimum Gasteiger partial charge on any atom is -0.465 e. The van der Waals surface area contributed by atoms with Crippen LogP contribution in [-0.4, -0.2) is 32.8 Å². The zero-order valence-electron chi connectivity index (χ0n) is 15.6. The van der Waals surface area contributed by atoms with E-state index in [1.54, 1.807) is 37.3 Å². The van der Waals surface area contributed by atoms with Crippen LogP contribution in [0, 0.1) is 5.41 Å². The van der Waals surface area contributed by atoms with Gasteiger partial charge in [-0.25, -0.2) is 8.42 Å². The number of aryl methyl sites for hydroxylation is 1. The van der Waals surface area contributed by atoms with Crippen molar-refractivity contribution in [2.75, 3.05) is 13.2 Å². The topological polar surface area (TPSA) is 86.5 Å². The molecule has 6 heteroatoms. The van der Waals surface area contributed by atoms with E-state index in [0.717, 1.165) is 17.5 Å². The van der Waals surface area contributed by atoms with Gasteiger partial charge in [0.2, 0.25) is 0 Å². The van der Waals surface area contributed by atoms with Crippen molar-refractivity contribution in [1.82, 2.24) is 0 Å². The first kappa shape index (κ1) is 19.6. The van der Waals surface area contributed by atoms with Crippen LogP contribution in [0.4, 0.5) is 0 Å². The van der Waals surface area contributed by atoms with E-state index in [-0.39, 0.29) is 18.0 Å². The smallest absolute Gasteiger partial charge is 0.315 e. The minimum atomic E-state index is -3.74. The number of ether oxygens (including phenoxy) is 1. The third-order valence-corrected chi connectivity index (χ3v) is 7.69. The highest BCUT2D eigenvalue weighted by Gasteiger charge is 2.75. The average Bonchev–Trinajstić information content (AvgIpc) is 3.40. The predicted molar refractivity (Wildman–Crippen MR) is 104 cm³/mol. The second-order valence-electron chi connectivity index (χ2n) is 6.82. The highest BCUT2D eigenvalue weighted by atomic mass is 32.2. The summed E-state index contributed by atoms with van der Waals surface area (Å²) < 4.78 is 31.9. The average molecular weight is 388 g/mol. The Balaban J connectivity index is 2.09. The summed E-state index contributed by atoms with van der Waals surface area (Å²) in [5.74, 6) is -1.06. The summed E-state index contributed by atoms with van der Waals surface area (Å²) in [7, 11) is -3.74. The van der Waals surface area contributed by atoms with E-state index in [2.05, 4.69) is 6.92 Å². The normalized spacial score (nSPS) is 24.4. The Hall–Kier alpha value is -2.18. The van der Waals surface area contributed by atoms with Crippen molar-refractivity contribution in [3.8, 4) is 0 Å². The SMILES string of the molecule is CCOC(=O)[C@]1(CN)[C@H](c2ccc(CC)cc2)[C@@H]1S(=O)(=O)c1ccccc1. The molecule has 5 nitrogen and oxygen atoms in total. The van der Waals surface area contributed by atoms with Crippen molar-refractivity contribution in [3.63, 3.8) is 0 Å². The first-order valence-electron chi connectivity index (χ1n) is 9.18. The first-order valence-corrected chi connectivity index (χ1v) is 10.7. The quantitative estimate of drug-likeness (QED) is 0.738. The van der Waals surface area contributed by atoms with Gasteiger partial charge in [0.1, 0.15) is 5.41 Å². The summed E-state index contributed by atoms with van der Waals surface area (Å²) in [6.07, 6.45) is 0.886. The van der Waals surface area contributed by atoms with E-state index in [9.17, 15) is 13.2 Å². The van der Waals surface area contributed by atoms with Gasteiger partial charge in [-0.05, 0) is 36.6 Å². The molecule has 0 unspecified atom stereocenters. The molecule has 0 radical (unpaired) electrons. The maximum Gasteiger partial charge on any atom is 0.315 e. The second kappa shape index (κ2) is 7.44. The van der Waals surface area contributed by atoms with E-state index in [1.165, 1.54) is 0 Å². The lowest BCUT2D eigenvalue weighted by Crippen LogP contribution is -2.33. The minimum absolute atomic E-state index is 0.0806. The van der Waals surface area contributed by atoms with Crippen LogP contribution >= 0.6 is 0 Å². The van der Waals surface area contributed by atoms with Crippen LogP contribution in [0.5, 0.6) is 0 Å². The molecular formula is C21H25NO4S. The summed E-state index contributed by atoms with van der Waals surface area (Å²) in [6, 6.07) is 15.9. The Kier molecular flexibility index (Phi) is 5.40. The zero-order chi connectivity index (χ0) is 19.7. The molecule has 27 heavy (non-hydrogen) atoms. The van der Waals surface area contributed by atoms with Gasteiger partial charge in [-0.2, -0.15) is 0 Å². The van der Waals surface area contributed by atoms with Gasteiger partial charge >= 0.3 is 5.97 Å². The zero-order valence-corrected chi connectivity index (χ0v) is 16.4. The Labute approximate surface area is 160 Å². The van der Waals surface area contributed by atoms with E-state index < -0.39 is 32.4 Å². The van der Waals surface area contributed by atoms with Crippen LogP contribution in [0.3, 0.4) is 0 Å². The fourth-order valence-corrected chi connectivity index (χ4v) is 6.29. The molecule has 3 atom stereocenters. The number of esters is 1. The molecule has 2 aromatic carbocycles. The molecule has 0 spiro atoms. The summed E-state index contributed by atoms with van der Waals surface area (Å²) >= 11 is 0. The number of benzene rings is 2. The molecule has 1 aliphatic carbocycles. The largest absolute Gasteiger partial charge is 0.465 e. The van der Waals surface area contributed by atoms with Gasteiger partial charge < -0.3 is 10.5 Å². The lowest BCUT2D eigenvalue weighted by Gasteiger charge is -2.14. The monoisotopic (exact) mass is 387 g/mol. The Morgan fingerprint density at radius 2 is 1.70 bits per heavy atom. The summed E-state index contributed by atoms with van der Waals surface area (Å²) in [5, 5.41) is -0.927. The Bertz CT molecular complexity index is 909. The van der Waals surface area contributed by atoms with Crippen molar-refractivity contribution in [2.45, 2.75) is 36.3 Å². The van der Waals surface area contributed by atoms with Crippen molar-refractivity contribution in [2.24, 2.45) is 11.1 Å². The van der Waals surface area contributed by atoms with Crippen LogP contribution in [0.25, 0.3) is 0 Å². The van der Waals surface area contributed by atoms with E-state index >= 15 is 0 Å². The van der Waals surface area contributed by atoms with Gasteiger partial charge in [-0.15, -0.1) is 0 Å². The van der Waals surface area contributed by atoms with Gasteiger partial charge in [-0.1, -0.05) is 49.4 Å². The highest BCUT2D eigenvalue weighted by molar-refractivity contribution is 7.92. The van der Waals surface area contributed by atoms with E-state index in [4.69, 9.17) is 10.5 Å². The second-order valence-corrected chi connectivity index (χ2v) is 8.89. The van der Waals surface area contributed by atoms with Crippen LogP contribution in [0.1, 0.15) is 30.9 Å². The first-order chi connectivity index (χ1) is 12.9. The molecule has 2 N–H and O–H groups in total. The molecule has 144 valence electrons. The van der Waals surface area contributed by atoms with Crippen molar-refractivity contribution < 1.29 is 17.9 Å². The molecule has 0 heterocycles. The molecule has 0 bridgehead atoms. The number of carbonyl (C=O) groups is 1. The predicted octanol–water partition coefficient (Wildman–Crippen LogP) is 2.70. The standard InChI is InChI=1S/C21H25NO4S/c1-3-15-10-12-16(13-11-15)18-19(21(18,14-22)20(23)26-4-2)27(24,25)17-8-6-5-7-9-17/h5-13,18-19H,3-4,14,22H2,1-2H3/t18-,19+,21-/m1/s1. The maximum atomic E-state index is 13.3. The molecule has 0 amide bonds. The highest BCUT2D eigenvalue weighted by Crippen LogP contribution is 2.64. The molecule has 0 aliphatic heterocycles. The fourth-order valence-electron chi connectivity index (χ4n) is 3.89. The van der Waals surface area contributed by atoms with Gasteiger partial charge in [0, 0.05) is 12.5 Å². The summed E-state index contributed by atoms with van der Waals surface area (Å²) in [4.78, 5) is 13.0. The lowest BCUT2D eigenvalue weighted by atomic mass is 9.98. The summed E-state index contributed by atoms with van der Waals surface area (Å²) in [5.41, 5.74) is 6.68. The number of nitrogens with two attached hydrogens (primary N) is 1. The molecule has 1 fully saturated rings. The Morgan fingerprint density at radius 1 is 1.07 bits per heavy atom. The summed E-state index contributed by atoms with van der Waals surface area (Å²) in [6.45, 7) is 3.86. The number of rotatable bonds is 7. The lowest BCUT2D eigenvalue weighted by molar-refractivity contribution is -0.149. The van der Waals surface area contributed by atoms with Gasteiger partial charge in [-0.3, -0.25) is 4.79 Å². The van der Waals surface area contributed by atoms with Gasteiger partial charge in [0.05, 0.1) is 16.8 Å². The fraction of sp³-hybridized carbons (Fsp3) is 0.381. The van der Waals surface area contributed by atoms with Crippen LogP contribution in [0.15, 0.2) is 59.5 Å². The van der Waals surface area contributed by atoms with E-state index in [1.807, 2.05) is 24.3 Å². The molecule has 3 rings (SSSR count). The van der Waals surface area contributed by atoms with Gasteiger partial charge in [0.25, 0.3) is 0 Å². The van der Waals surface area contributed by atoms with Crippen molar-refractivity contribution in [1.29, 1.82) is 0 Å². The van der Waals surface area contributed by atoms with Crippen LogP contribution < -0.4 is 5.73 Å². The molecule has 1 saturated carbocycles. The van der Waals surface area contributed by atoms with Gasteiger partial charge in [0.15, 0.2) is 9.84 Å². The molecule has 1 aliphatic rings. The molecule has 0 aromatic heterocycles. The third kappa shape index (κ3) is 3.17. The molecule has 2 aromatic rings. The number of hydrogen-bond donors (Lipinski definition) is 1. The number of hydrogen-bond acceptors (Lipinski definition) is 5. The maximum absolute atomic E-state index is 13.3. The number of sulfone groups is 1. The molecular weight excluding hydrogens is 362 g/mol. The van der Waals surface area contributed by atoms with Crippen LogP contribution in [0.2, 0.25) is 0 Å². The Morgan fingerprint density at radius 3 is 2.22 bits per heavy atom. The van der Waals surface area contributed by atoms with Crippen LogP contribution in [-0.2, 0) is 25.8 Å². The van der Waals surface area contributed by atoms with Crippen molar-refractivity contribution >= 4 is 15.8 Å². The number of carbonyl (C=O) groups excluding carboxylic acids is 1.